The molecular formula is C9H8BrNS. The summed E-state index contributed by atoms with van der Waals surface area (Å²) in [6.07, 6.45) is 0. The summed E-state index contributed by atoms with van der Waals surface area (Å²) < 4.78 is 1.05. The van der Waals surface area contributed by atoms with E-state index in [0.717, 1.165) is 21.3 Å². The van der Waals surface area contributed by atoms with Gasteiger partial charge in [0.05, 0.1) is 10.8 Å². The lowest BCUT2D eigenvalue weighted by molar-refractivity contribution is 1.32. The molecule has 1 rings (SSSR count). The summed E-state index contributed by atoms with van der Waals surface area (Å²) in [4.78, 5) is 4.00. The first-order valence-corrected chi connectivity index (χ1v) is 4.70. The second-order valence-corrected chi connectivity index (χ2v) is 3.58. The zero-order valence-electron chi connectivity index (χ0n) is 6.89. The maximum Gasteiger partial charge on any atom is 0.0809 e. The third kappa shape index (κ3) is 1.81. The average molecular weight is 242 g/mol. The molecule has 0 spiro atoms. The van der Waals surface area contributed by atoms with E-state index in [2.05, 4.69) is 38.3 Å². The van der Waals surface area contributed by atoms with Crippen LogP contribution in [0.25, 0.3) is 0 Å². The molecule has 0 aliphatic heterocycles. The Morgan fingerprint density at radius 1 is 1.42 bits per heavy atom. The van der Waals surface area contributed by atoms with Crippen molar-refractivity contribution in [3.05, 3.63) is 27.7 Å². The molecule has 0 N–H and O–H groups in total. The van der Waals surface area contributed by atoms with Crippen LogP contribution in [0.2, 0.25) is 0 Å². The van der Waals surface area contributed by atoms with Gasteiger partial charge in [-0.15, -0.1) is 0 Å². The molecule has 12 heavy (non-hydrogen) atoms. The molecule has 0 unspecified atom stereocenters. The van der Waals surface area contributed by atoms with Crippen LogP contribution in [0.4, 0.5) is 5.69 Å². The zero-order chi connectivity index (χ0) is 9.14. The first-order valence-electron chi connectivity index (χ1n) is 3.50. The van der Waals surface area contributed by atoms with Crippen LogP contribution in [0, 0.1) is 13.8 Å². The summed E-state index contributed by atoms with van der Waals surface area (Å²) in [5.41, 5.74) is 3.14. The molecule has 0 fully saturated rings. The fourth-order valence-electron chi connectivity index (χ4n) is 1.03. The largest absolute Gasteiger partial charge is 0.194 e. The summed E-state index contributed by atoms with van der Waals surface area (Å²) in [6, 6.07) is 4.01. The lowest BCUT2D eigenvalue weighted by Gasteiger charge is -2.04. The minimum absolute atomic E-state index is 0.916. The molecule has 0 saturated carbocycles. The number of hydrogen-bond donors (Lipinski definition) is 0. The Hall–Kier alpha value is -0.500. The highest BCUT2D eigenvalue weighted by Gasteiger charge is 2.03. The SMILES string of the molecule is Cc1ccc(Br)c(C)c1N=C=S. The van der Waals surface area contributed by atoms with Gasteiger partial charge in [-0.25, -0.2) is 0 Å². The van der Waals surface area contributed by atoms with Crippen molar-refractivity contribution in [2.45, 2.75) is 13.8 Å². The van der Waals surface area contributed by atoms with Crippen LogP contribution in [0.5, 0.6) is 0 Å². The van der Waals surface area contributed by atoms with Crippen LogP contribution in [-0.2, 0) is 0 Å². The highest BCUT2D eigenvalue weighted by molar-refractivity contribution is 9.10. The van der Waals surface area contributed by atoms with Gasteiger partial charge in [0.25, 0.3) is 0 Å². The second kappa shape index (κ2) is 3.94. The van der Waals surface area contributed by atoms with E-state index in [1.54, 1.807) is 0 Å². The molecule has 0 saturated heterocycles. The van der Waals surface area contributed by atoms with E-state index in [4.69, 9.17) is 0 Å². The highest BCUT2D eigenvalue weighted by atomic mass is 79.9. The molecule has 0 aliphatic carbocycles. The van der Waals surface area contributed by atoms with Crippen molar-refractivity contribution in [3.63, 3.8) is 0 Å². The van der Waals surface area contributed by atoms with Crippen LogP contribution >= 0.6 is 28.1 Å². The predicted octanol–water partition coefficient (Wildman–Crippen LogP) is 3.80. The maximum atomic E-state index is 4.56. The van der Waals surface area contributed by atoms with Crippen molar-refractivity contribution >= 4 is 39.0 Å². The third-order valence-corrected chi connectivity index (χ3v) is 2.67. The summed E-state index contributed by atoms with van der Waals surface area (Å²) >= 11 is 7.99. The van der Waals surface area contributed by atoms with E-state index >= 15 is 0 Å². The van der Waals surface area contributed by atoms with Gasteiger partial charge in [-0.05, 0) is 43.3 Å². The minimum Gasteiger partial charge on any atom is -0.194 e. The van der Waals surface area contributed by atoms with E-state index in [9.17, 15) is 0 Å². The van der Waals surface area contributed by atoms with Crippen molar-refractivity contribution in [2.24, 2.45) is 4.99 Å². The molecule has 1 nitrogen and oxygen atoms in total. The lowest BCUT2D eigenvalue weighted by Crippen LogP contribution is -1.81. The van der Waals surface area contributed by atoms with Crippen LogP contribution < -0.4 is 0 Å². The maximum absolute atomic E-state index is 4.56. The fourth-order valence-corrected chi connectivity index (χ4v) is 1.44. The Morgan fingerprint density at radius 3 is 2.67 bits per heavy atom. The van der Waals surface area contributed by atoms with Gasteiger partial charge in [-0.3, -0.25) is 0 Å². The Morgan fingerprint density at radius 2 is 2.08 bits per heavy atom. The van der Waals surface area contributed by atoms with Gasteiger partial charge in [0, 0.05) is 4.47 Å². The molecule has 0 radical (unpaired) electrons. The number of aliphatic imine (C=N–C) groups is 1. The van der Waals surface area contributed by atoms with E-state index in [1.165, 1.54) is 0 Å². The molecule has 0 aliphatic rings. The van der Waals surface area contributed by atoms with Crippen molar-refractivity contribution in [2.75, 3.05) is 0 Å². The van der Waals surface area contributed by atoms with E-state index in [1.807, 2.05) is 26.0 Å². The number of rotatable bonds is 1. The summed E-state index contributed by atoms with van der Waals surface area (Å²) in [5, 5.41) is 2.38. The molecule has 0 atom stereocenters. The van der Waals surface area contributed by atoms with Crippen LogP contribution in [0.3, 0.4) is 0 Å². The molecule has 0 heterocycles. The Kier molecular flexibility index (Phi) is 3.15. The van der Waals surface area contributed by atoms with Crippen LogP contribution in [0.15, 0.2) is 21.6 Å². The Bertz CT molecular complexity index is 354. The monoisotopic (exact) mass is 241 g/mol. The summed E-state index contributed by atoms with van der Waals surface area (Å²) in [7, 11) is 0. The number of benzene rings is 1. The predicted molar refractivity (Wildman–Crippen MR) is 58.3 cm³/mol. The molecule has 0 aromatic heterocycles. The number of halogens is 1. The van der Waals surface area contributed by atoms with Gasteiger partial charge in [0.1, 0.15) is 0 Å². The van der Waals surface area contributed by atoms with Crippen LogP contribution in [0.1, 0.15) is 11.1 Å². The van der Waals surface area contributed by atoms with Crippen molar-refractivity contribution < 1.29 is 0 Å². The smallest absolute Gasteiger partial charge is 0.0809 e. The van der Waals surface area contributed by atoms with E-state index in [-0.39, 0.29) is 0 Å². The van der Waals surface area contributed by atoms with Crippen molar-refractivity contribution in [3.8, 4) is 0 Å². The van der Waals surface area contributed by atoms with E-state index < -0.39 is 0 Å². The number of hydrogen-bond acceptors (Lipinski definition) is 2. The third-order valence-electron chi connectivity index (χ3n) is 1.72. The Balaban J connectivity index is 3.42. The minimum atomic E-state index is 0.916. The molecule has 0 amide bonds. The number of isothiocyanates is 1. The Labute approximate surface area is 85.6 Å². The van der Waals surface area contributed by atoms with Crippen molar-refractivity contribution in [1.29, 1.82) is 0 Å². The summed E-state index contributed by atoms with van der Waals surface area (Å²) in [5.74, 6) is 0. The van der Waals surface area contributed by atoms with Gasteiger partial charge in [-0.2, -0.15) is 4.99 Å². The first-order chi connectivity index (χ1) is 5.66. The second-order valence-electron chi connectivity index (χ2n) is 2.54. The topological polar surface area (TPSA) is 12.4 Å². The fraction of sp³-hybridized carbons (Fsp3) is 0.222. The highest BCUT2D eigenvalue weighted by Crippen LogP contribution is 2.29. The van der Waals surface area contributed by atoms with Gasteiger partial charge < -0.3 is 0 Å². The summed E-state index contributed by atoms with van der Waals surface area (Å²) in [6.45, 7) is 4.01. The lowest BCUT2D eigenvalue weighted by atomic mass is 10.1. The normalized spacial score (nSPS) is 9.25. The molecule has 1 aromatic carbocycles. The quantitative estimate of drug-likeness (QED) is 0.539. The molecular weight excluding hydrogens is 234 g/mol. The molecule has 0 bridgehead atoms. The van der Waals surface area contributed by atoms with Gasteiger partial charge in [-0.1, -0.05) is 22.0 Å². The molecule has 1 aromatic rings. The van der Waals surface area contributed by atoms with Gasteiger partial charge in [0.2, 0.25) is 0 Å². The standard InChI is InChI=1S/C9H8BrNS/c1-6-3-4-8(10)7(2)9(6)11-5-12/h3-4H,1-2H3. The molecule has 3 heteroatoms. The van der Waals surface area contributed by atoms with Crippen LogP contribution in [-0.4, -0.2) is 5.16 Å². The molecule has 62 valence electrons. The average Bonchev–Trinajstić information content (AvgIpc) is 2.06. The van der Waals surface area contributed by atoms with E-state index in [0.29, 0.717) is 0 Å². The van der Waals surface area contributed by atoms with Gasteiger partial charge in [0.15, 0.2) is 0 Å². The number of aryl methyl sites for hydroxylation is 1. The number of nitrogens with zero attached hydrogens (tertiary/aromatic N) is 1. The number of thiocarbonyl (C=S) groups is 1. The first kappa shape index (κ1) is 9.59. The zero-order valence-corrected chi connectivity index (χ0v) is 9.29. The van der Waals surface area contributed by atoms with Gasteiger partial charge >= 0.3 is 0 Å². The van der Waals surface area contributed by atoms with Crippen molar-refractivity contribution in [1.82, 2.24) is 0 Å².